The maximum absolute atomic E-state index is 9.23. The molecule has 54 heavy (non-hydrogen) atoms. The van der Waals surface area contributed by atoms with E-state index in [1.54, 1.807) is 24.3 Å². The Morgan fingerprint density at radius 1 is 0.333 bits per heavy atom. The SMILES string of the molecule is [2H]c1c([2H])c([2H])c2c(-c3ccc(-c4ccc5oc6c(ccc7oc(-c8ccccc8)c(-c8ccccc8)c76)c5c4)cc3)c3c([2H])c([2H])c([2H])c([2H])c3c(-c3ccccc3)c2c1[2H]. The maximum Gasteiger partial charge on any atom is 0.147 e. The molecule has 0 aliphatic rings. The summed E-state index contributed by atoms with van der Waals surface area (Å²) in [7, 11) is 0. The van der Waals surface area contributed by atoms with E-state index in [0.717, 1.165) is 60.9 Å². The first-order valence-corrected chi connectivity index (χ1v) is 17.8. The van der Waals surface area contributed by atoms with Gasteiger partial charge in [0, 0.05) is 21.9 Å². The minimum atomic E-state index is -0.430. The lowest BCUT2D eigenvalue weighted by atomic mass is 9.86. The molecule has 2 aromatic heterocycles. The van der Waals surface area contributed by atoms with Gasteiger partial charge in [0.05, 0.1) is 16.4 Å². The fourth-order valence-corrected chi connectivity index (χ4v) is 7.91. The van der Waals surface area contributed by atoms with Crippen LogP contribution in [-0.2, 0) is 0 Å². The molecule has 2 heterocycles. The van der Waals surface area contributed by atoms with Crippen LogP contribution < -0.4 is 0 Å². The summed E-state index contributed by atoms with van der Waals surface area (Å²) in [6.45, 7) is 0. The highest BCUT2D eigenvalue weighted by Gasteiger charge is 2.23. The molecule has 0 aliphatic heterocycles. The van der Waals surface area contributed by atoms with Gasteiger partial charge in [0.2, 0.25) is 0 Å². The van der Waals surface area contributed by atoms with Crippen molar-refractivity contribution in [2.24, 2.45) is 0 Å². The molecule has 0 aliphatic carbocycles. The van der Waals surface area contributed by atoms with E-state index in [1.165, 1.54) is 0 Å². The average Bonchev–Trinajstić information content (AvgIpc) is 3.90. The van der Waals surface area contributed by atoms with Gasteiger partial charge in [0.1, 0.15) is 22.5 Å². The fraction of sp³-hybridized carbons (Fsp3) is 0. The van der Waals surface area contributed by atoms with Crippen molar-refractivity contribution in [2.75, 3.05) is 0 Å². The molecule has 0 amide bonds. The third kappa shape index (κ3) is 4.74. The molecule has 252 valence electrons. The Bertz CT molecular complexity index is 3560. The lowest BCUT2D eigenvalue weighted by Crippen LogP contribution is -1.90. The van der Waals surface area contributed by atoms with E-state index >= 15 is 0 Å². The highest BCUT2D eigenvalue weighted by molar-refractivity contribution is 6.22. The largest absolute Gasteiger partial charge is 0.455 e. The van der Waals surface area contributed by atoms with Gasteiger partial charge in [-0.2, -0.15) is 0 Å². The number of hydrogen-bond donors (Lipinski definition) is 0. The lowest BCUT2D eigenvalue weighted by Gasteiger charge is -2.18. The van der Waals surface area contributed by atoms with E-state index in [2.05, 4.69) is 18.2 Å². The predicted octanol–water partition coefficient (Wildman–Crippen LogP) is 15.0. The van der Waals surface area contributed by atoms with E-state index < -0.39 is 24.2 Å². The van der Waals surface area contributed by atoms with Crippen LogP contribution in [0.5, 0.6) is 0 Å². The molecule has 11 aromatic rings. The van der Waals surface area contributed by atoms with Crippen LogP contribution in [0, 0.1) is 0 Å². The first-order valence-electron chi connectivity index (χ1n) is 21.8. The van der Waals surface area contributed by atoms with Gasteiger partial charge in [0.25, 0.3) is 0 Å². The van der Waals surface area contributed by atoms with Crippen LogP contribution >= 0.6 is 0 Å². The molecule has 2 heteroatoms. The van der Waals surface area contributed by atoms with Gasteiger partial charge in [-0.15, -0.1) is 0 Å². The summed E-state index contributed by atoms with van der Waals surface area (Å²) in [5.41, 5.74) is 8.62. The van der Waals surface area contributed by atoms with Crippen LogP contribution in [-0.4, -0.2) is 0 Å². The predicted molar refractivity (Wildman–Crippen MR) is 226 cm³/mol. The smallest absolute Gasteiger partial charge is 0.147 e. The van der Waals surface area contributed by atoms with E-state index in [9.17, 15) is 5.48 Å². The molecule has 9 aromatic carbocycles. The Morgan fingerprint density at radius 3 is 1.37 bits per heavy atom. The number of furan rings is 2. The van der Waals surface area contributed by atoms with Crippen molar-refractivity contribution in [3.63, 3.8) is 0 Å². The molecule has 11 rings (SSSR count). The molecule has 0 atom stereocenters. The van der Waals surface area contributed by atoms with Crippen molar-refractivity contribution >= 4 is 54.5 Å². The Hall–Kier alpha value is -7.16. The number of rotatable bonds is 5. The van der Waals surface area contributed by atoms with Crippen LogP contribution in [0.15, 0.2) is 203 Å². The molecule has 0 saturated heterocycles. The molecule has 0 saturated carbocycles. The summed E-state index contributed by atoms with van der Waals surface area (Å²) in [5, 5.41) is 3.49. The molecule has 2 nitrogen and oxygen atoms in total. The third-order valence-electron chi connectivity index (χ3n) is 10.3. The van der Waals surface area contributed by atoms with Gasteiger partial charge < -0.3 is 8.83 Å². The van der Waals surface area contributed by atoms with E-state index in [0.29, 0.717) is 27.8 Å². The number of benzene rings is 9. The van der Waals surface area contributed by atoms with Gasteiger partial charge in [-0.3, -0.25) is 0 Å². The van der Waals surface area contributed by atoms with Crippen molar-refractivity contribution in [3.05, 3.63) is 194 Å². The van der Waals surface area contributed by atoms with E-state index in [4.69, 9.17) is 14.3 Å². The molecular weight excluding hydrogens is 657 g/mol. The number of hydrogen-bond acceptors (Lipinski definition) is 2. The van der Waals surface area contributed by atoms with Gasteiger partial charge in [-0.1, -0.05) is 170 Å². The quantitative estimate of drug-likeness (QED) is 0.167. The number of fused-ring (bicyclic) bond motifs is 7. The second-order valence-electron chi connectivity index (χ2n) is 13.4. The Kier molecular flexibility index (Phi) is 5.30. The van der Waals surface area contributed by atoms with Gasteiger partial charge in [0.15, 0.2) is 0 Å². The highest BCUT2D eigenvalue weighted by Crippen LogP contribution is 2.47. The Morgan fingerprint density at radius 2 is 0.796 bits per heavy atom. The van der Waals surface area contributed by atoms with Crippen molar-refractivity contribution in [1.82, 2.24) is 0 Å². The lowest BCUT2D eigenvalue weighted by molar-refractivity contribution is 0.631. The maximum atomic E-state index is 9.23. The summed E-state index contributed by atoms with van der Waals surface area (Å²) >= 11 is 0. The highest BCUT2D eigenvalue weighted by atomic mass is 16.3. The molecule has 0 unspecified atom stereocenters. The zero-order valence-corrected chi connectivity index (χ0v) is 28.7. The monoisotopic (exact) mass is 696 g/mol. The second kappa shape index (κ2) is 12.2. The van der Waals surface area contributed by atoms with Crippen molar-refractivity contribution < 1.29 is 19.8 Å². The summed E-state index contributed by atoms with van der Waals surface area (Å²) in [6, 6.07) is 44.0. The van der Waals surface area contributed by atoms with Crippen LogP contribution in [0.3, 0.4) is 0 Å². The Balaban J connectivity index is 1.12. The van der Waals surface area contributed by atoms with Crippen molar-refractivity contribution in [1.29, 1.82) is 0 Å². The molecule has 0 radical (unpaired) electrons. The van der Waals surface area contributed by atoms with Gasteiger partial charge in [-0.05, 0) is 84.8 Å². The first kappa shape index (κ1) is 23.4. The van der Waals surface area contributed by atoms with Crippen LogP contribution in [0.4, 0.5) is 0 Å². The van der Waals surface area contributed by atoms with Crippen LogP contribution in [0.2, 0.25) is 0 Å². The van der Waals surface area contributed by atoms with E-state index in [1.807, 2.05) is 103 Å². The first-order chi connectivity index (χ1) is 30.1. The average molecular weight is 697 g/mol. The minimum Gasteiger partial charge on any atom is -0.455 e. The summed E-state index contributed by atoms with van der Waals surface area (Å²) in [4.78, 5) is 0. The summed E-state index contributed by atoms with van der Waals surface area (Å²) < 4.78 is 84.8. The topological polar surface area (TPSA) is 26.3 Å². The summed E-state index contributed by atoms with van der Waals surface area (Å²) in [5.74, 6) is 0.766. The molecular formula is C52H32O2. The fourth-order valence-electron chi connectivity index (χ4n) is 7.91. The van der Waals surface area contributed by atoms with Gasteiger partial charge >= 0.3 is 0 Å². The van der Waals surface area contributed by atoms with Crippen molar-refractivity contribution in [3.8, 4) is 55.8 Å². The second-order valence-corrected chi connectivity index (χ2v) is 13.4. The van der Waals surface area contributed by atoms with Crippen molar-refractivity contribution in [2.45, 2.75) is 0 Å². The van der Waals surface area contributed by atoms with Crippen LogP contribution in [0.1, 0.15) is 11.0 Å². The molecule has 0 spiro atoms. The van der Waals surface area contributed by atoms with E-state index in [-0.39, 0.29) is 45.7 Å². The zero-order valence-electron chi connectivity index (χ0n) is 36.7. The van der Waals surface area contributed by atoms with Crippen LogP contribution in [0.25, 0.3) is 110 Å². The minimum absolute atomic E-state index is 0.183. The molecule has 0 fully saturated rings. The molecule has 0 N–H and O–H groups in total. The zero-order chi connectivity index (χ0) is 42.6. The normalized spacial score (nSPS) is 13.8. The molecule has 0 bridgehead atoms. The standard InChI is InChI=1S/C52H32O2/c1-4-14-34(15-5-1)47-39-20-10-12-22-41(39)48(42-23-13-11-21-40(42)47)36-26-24-33(25-27-36)38-28-30-45-44(32-38)43-29-31-46-50(52(43)53-45)49(35-16-6-2-7-17-35)51(54-46)37-18-8-3-9-19-37/h1-32H/i10D,11D,12D,13D,20D,21D,22D,23D. The third-order valence-corrected chi connectivity index (χ3v) is 10.3. The summed E-state index contributed by atoms with van der Waals surface area (Å²) in [6.07, 6.45) is 0. The van der Waals surface area contributed by atoms with Gasteiger partial charge in [-0.25, -0.2) is 0 Å². The Labute approximate surface area is 323 Å².